The fourth-order valence-corrected chi connectivity index (χ4v) is 2.80. The minimum atomic E-state index is -3.13. The molecule has 1 aromatic carbocycles. The van der Waals surface area contributed by atoms with E-state index in [4.69, 9.17) is 0 Å². The SMILES string of the molecule is CCC(O)CCNC(C)c1ccc(S(=O)(=O)CC)cc1. The van der Waals surface area contributed by atoms with E-state index in [9.17, 15) is 13.5 Å². The average molecular weight is 299 g/mol. The second-order valence-corrected chi connectivity index (χ2v) is 7.28. The van der Waals surface area contributed by atoms with Crippen molar-refractivity contribution in [2.24, 2.45) is 0 Å². The third-order valence-electron chi connectivity index (χ3n) is 3.52. The lowest BCUT2D eigenvalue weighted by molar-refractivity contribution is 0.159. The zero-order valence-corrected chi connectivity index (χ0v) is 13.3. The molecule has 0 bridgehead atoms. The predicted molar refractivity (Wildman–Crippen MR) is 81.5 cm³/mol. The molecule has 0 aliphatic heterocycles. The summed E-state index contributed by atoms with van der Waals surface area (Å²) in [6.07, 6.45) is 1.23. The van der Waals surface area contributed by atoms with Crippen LogP contribution in [0.5, 0.6) is 0 Å². The molecule has 1 aromatic rings. The Kier molecular flexibility index (Phi) is 6.65. The normalized spacial score (nSPS) is 15.0. The number of hydrogen-bond acceptors (Lipinski definition) is 4. The molecular weight excluding hydrogens is 274 g/mol. The van der Waals surface area contributed by atoms with Crippen molar-refractivity contribution in [2.75, 3.05) is 12.3 Å². The van der Waals surface area contributed by atoms with Gasteiger partial charge in [-0.25, -0.2) is 8.42 Å². The molecule has 0 saturated carbocycles. The van der Waals surface area contributed by atoms with Crippen LogP contribution in [0.25, 0.3) is 0 Å². The van der Waals surface area contributed by atoms with E-state index in [0.717, 1.165) is 24.9 Å². The summed E-state index contributed by atoms with van der Waals surface area (Å²) in [6, 6.07) is 7.14. The smallest absolute Gasteiger partial charge is 0.178 e. The molecule has 2 unspecified atom stereocenters. The Morgan fingerprint density at radius 1 is 1.20 bits per heavy atom. The highest BCUT2D eigenvalue weighted by Gasteiger charge is 2.12. The highest BCUT2D eigenvalue weighted by molar-refractivity contribution is 7.91. The highest BCUT2D eigenvalue weighted by Crippen LogP contribution is 2.17. The van der Waals surface area contributed by atoms with Gasteiger partial charge in [-0.15, -0.1) is 0 Å². The highest BCUT2D eigenvalue weighted by atomic mass is 32.2. The summed E-state index contributed by atoms with van der Waals surface area (Å²) in [5.41, 5.74) is 1.05. The number of aliphatic hydroxyl groups is 1. The first-order chi connectivity index (χ1) is 9.40. The third kappa shape index (κ3) is 4.89. The van der Waals surface area contributed by atoms with Gasteiger partial charge in [0, 0.05) is 6.04 Å². The van der Waals surface area contributed by atoms with Crippen LogP contribution in [0, 0.1) is 0 Å². The molecule has 0 radical (unpaired) electrons. The Bertz CT molecular complexity index is 496. The lowest BCUT2D eigenvalue weighted by Crippen LogP contribution is -2.23. The maximum Gasteiger partial charge on any atom is 0.178 e. The van der Waals surface area contributed by atoms with Crippen LogP contribution in [0.3, 0.4) is 0 Å². The van der Waals surface area contributed by atoms with Crippen molar-refractivity contribution in [1.82, 2.24) is 5.32 Å². The lowest BCUT2D eigenvalue weighted by Gasteiger charge is -2.16. The topological polar surface area (TPSA) is 66.4 Å². The first-order valence-corrected chi connectivity index (χ1v) is 8.80. The number of aliphatic hydroxyl groups excluding tert-OH is 1. The van der Waals surface area contributed by atoms with Gasteiger partial charge in [0.25, 0.3) is 0 Å². The van der Waals surface area contributed by atoms with Gasteiger partial charge in [-0.05, 0) is 44.0 Å². The van der Waals surface area contributed by atoms with E-state index < -0.39 is 9.84 Å². The van der Waals surface area contributed by atoms with Gasteiger partial charge in [0.1, 0.15) is 0 Å². The van der Waals surface area contributed by atoms with Gasteiger partial charge < -0.3 is 10.4 Å². The van der Waals surface area contributed by atoms with Crippen LogP contribution in [0.2, 0.25) is 0 Å². The molecule has 2 atom stereocenters. The van der Waals surface area contributed by atoms with Crippen molar-refractivity contribution in [3.05, 3.63) is 29.8 Å². The summed E-state index contributed by atoms with van der Waals surface area (Å²) in [4.78, 5) is 0.373. The number of sulfone groups is 1. The molecule has 0 spiro atoms. The molecule has 0 aliphatic carbocycles. The van der Waals surface area contributed by atoms with E-state index in [2.05, 4.69) is 5.32 Å². The van der Waals surface area contributed by atoms with Gasteiger partial charge >= 0.3 is 0 Å². The molecule has 20 heavy (non-hydrogen) atoms. The molecule has 0 aliphatic rings. The van der Waals surface area contributed by atoms with Crippen molar-refractivity contribution in [1.29, 1.82) is 0 Å². The van der Waals surface area contributed by atoms with Crippen LogP contribution in [0.15, 0.2) is 29.2 Å². The fraction of sp³-hybridized carbons (Fsp3) is 0.600. The lowest BCUT2D eigenvalue weighted by atomic mass is 10.1. The van der Waals surface area contributed by atoms with Gasteiger partial charge in [0.05, 0.1) is 16.8 Å². The van der Waals surface area contributed by atoms with Crippen molar-refractivity contribution < 1.29 is 13.5 Å². The molecule has 0 heterocycles. The van der Waals surface area contributed by atoms with Gasteiger partial charge in [-0.1, -0.05) is 26.0 Å². The van der Waals surface area contributed by atoms with E-state index in [1.807, 2.05) is 26.0 Å². The largest absolute Gasteiger partial charge is 0.393 e. The van der Waals surface area contributed by atoms with Gasteiger partial charge in [0.15, 0.2) is 9.84 Å². The van der Waals surface area contributed by atoms with Crippen molar-refractivity contribution >= 4 is 9.84 Å². The molecule has 1 rings (SSSR count). The zero-order valence-electron chi connectivity index (χ0n) is 12.5. The Hall–Kier alpha value is -0.910. The summed E-state index contributed by atoms with van der Waals surface area (Å²) in [5.74, 6) is 0.120. The minimum absolute atomic E-state index is 0.120. The van der Waals surface area contributed by atoms with Crippen LogP contribution < -0.4 is 5.32 Å². The molecular formula is C15H25NO3S. The zero-order chi connectivity index (χ0) is 15.2. The Balaban J connectivity index is 2.60. The first kappa shape index (κ1) is 17.1. The van der Waals surface area contributed by atoms with E-state index in [1.165, 1.54) is 0 Å². The quantitative estimate of drug-likeness (QED) is 0.773. The second kappa shape index (κ2) is 7.76. The Labute approximate surface area is 122 Å². The maximum absolute atomic E-state index is 11.7. The van der Waals surface area contributed by atoms with Crippen LogP contribution in [0.4, 0.5) is 0 Å². The van der Waals surface area contributed by atoms with Crippen molar-refractivity contribution in [3.8, 4) is 0 Å². The molecule has 0 amide bonds. The molecule has 5 heteroatoms. The average Bonchev–Trinajstić information content (AvgIpc) is 2.47. The van der Waals surface area contributed by atoms with Gasteiger partial charge in [-0.2, -0.15) is 0 Å². The van der Waals surface area contributed by atoms with E-state index in [0.29, 0.717) is 4.90 Å². The Morgan fingerprint density at radius 3 is 2.30 bits per heavy atom. The number of benzene rings is 1. The second-order valence-electron chi connectivity index (χ2n) is 5.00. The fourth-order valence-electron chi connectivity index (χ4n) is 1.92. The molecule has 4 nitrogen and oxygen atoms in total. The summed E-state index contributed by atoms with van der Waals surface area (Å²) in [6.45, 7) is 6.38. The van der Waals surface area contributed by atoms with Gasteiger partial charge in [0.2, 0.25) is 0 Å². The number of rotatable bonds is 8. The molecule has 0 aromatic heterocycles. The molecule has 0 fully saturated rings. The predicted octanol–water partition coefficient (Wildman–Crippen LogP) is 2.29. The van der Waals surface area contributed by atoms with E-state index in [-0.39, 0.29) is 17.9 Å². The van der Waals surface area contributed by atoms with Crippen LogP contribution in [-0.2, 0) is 9.84 Å². The monoisotopic (exact) mass is 299 g/mol. The summed E-state index contributed by atoms with van der Waals surface area (Å²) < 4.78 is 23.4. The van der Waals surface area contributed by atoms with Crippen molar-refractivity contribution in [2.45, 2.75) is 50.7 Å². The third-order valence-corrected chi connectivity index (χ3v) is 5.27. The van der Waals surface area contributed by atoms with Crippen LogP contribution >= 0.6 is 0 Å². The van der Waals surface area contributed by atoms with E-state index >= 15 is 0 Å². The summed E-state index contributed by atoms with van der Waals surface area (Å²) >= 11 is 0. The minimum Gasteiger partial charge on any atom is -0.393 e. The molecule has 114 valence electrons. The molecule has 0 saturated heterocycles. The summed E-state index contributed by atoms with van der Waals surface area (Å²) in [7, 11) is -3.13. The van der Waals surface area contributed by atoms with Crippen LogP contribution in [0.1, 0.15) is 45.2 Å². The number of hydrogen-bond donors (Lipinski definition) is 2. The van der Waals surface area contributed by atoms with E-state index in [1.54, 1.807) is 19.1 Å². The molecule has 2 N–H and O–H groups in total. The van der Waals surface area contributed by atoms with Crippen LogP contribution in [-0.4, -0.2) is 31.9 Å². The van der Waals surface area contributed by atoms with Gasteiger partial charge in [-0.3, -0.25) is 0 Å². The standard InChI is InChI=1S/C15H25NO3S/c1-4-14(17)10-11-16-12(3)13-6-8-15(9-7-13)20(18,19)5-2/h6-9,12,14,16-17H,4-5,10-11H2,1-3H3. The van der Waals surface area contributed by atoms with Crippen molar-refractivity contribution in [3.63, 3.8) is 0 Å². The number of nitrogens with one attached hydrogen (secondary N) is 1. The first-order valence-electron chi connectivity index (χ1n) is 7.14. The Morgan fingerprint density at radius 2 is 1.80 bits per heavy atom. The summed E-state index contributed by atoms with van der Waals surface area (Å²) in [5, 5.41) is 12.8. The maximum atomic E-state index is 11.7.